The lowest BCUT2D eigenvalue weighted by Crippen LogP contribution is -2.51. The van der Waals surface area contributed by atoms with Crippen molar-refractivity contribution in [1.82, 2.24) is 5.32 Å². The molecule has 0 radical (unpaired) electrons. The normalized spacial score (nSPS) is 38.7. The van der Waals surface area contributed by atoms with Crippen molar-refractivity contribution in [2.75, 3.05) is 0 Å². The first kappa shape index (κ1) is 12.8. The monoisotopic (exact) mass is 240 g/mol. The topological polar surface area (TPSA) is 75.4 Å². The van der Waals surface area contributed by atoms with Crippen LogP contribution in [0.25, 0.3) is 0 Å². The van der Waals surface area contributed by atoms with Crippen LogP contribution in [-0.4, -0.2) is 29.2 Å². The van der Waals surface area contributed by atoms with Gasteiger partial charge in [-0.1, -0.05) is 25.7 Å². The lowest BCUT2D eigenvalue weighted by molar-refractivity contribution is -0.128. The van der Waals surface area contributed by atoms with E-state index in [1.165, 1.54) is 0 Å². The second-order valence-electron chi connectivity index (χ2n) is 5.52. The van der Waals surface area contributed by atoms with Crippen LogP contribution in [0, 0.1) is 5.92 Å². The summed E-state index contributed by atoms with van der Waals surface area (Å²) in [6.45, 7) is 0. The second kappa shape index (κ2) is 5.83. The van der Waals surface area contributed by atoms with Gasteiger partial charge in [0.2, 0.25) is 5.91 Å². The molecule has 0 bridgehead atoms. The van der Waals surface area contributed by atoms with E-state index in [4.69, 9.17) is 5.73 Å². The van der Waals surface area contributed by atoms with E-state index in [2.05, 4.69) is 5.32 Å². The van der Waals surface area contributed by atoms with E-state index in [-0.39, 0.29) is 30.0 Å². The number of carbonyl (C=O) groups is 1. The molecule has 2 saturated carbocycles. The minimum absolute atomic E-state index is 0.00415. The minimum atomic E-state index is -0.368. The third kappa shape index (κ3) is 3.19. The molecule has 4 nitrogen and oxygen atoms in total. The van der Waals surface area contributed by atoms with E-state index in [1.54, 1.807) is 0 Å². The molecule has 4 N–H and O–H groups in total. The van der Waals surface area contributed by atoms with Gasteiger partial charge < -0.3 is 16.2 Å². The van der Waals surface area contributed by atoms with Crippen molar-refractivity contribution < 1.29 is 9.90 Å². The van der Waals surface area contributed by atoms with E-state index < -0.39 is 0 Å². The molecule has 1 amide bonds. The number of aliphatic hydroxyl groups is 1. The number of amides is 1. The highest BCUT2D eigenvalue weighted by atomic mass is 16.3. The van der Waals surface area contributed by atoms with Crippen molar-refractivity contribution in [2.24, 2.45) is 11.7 Å². The van der Waals surface area contributed by atoms with Crippen LogP contribution >= 0.6 is 0 Å². The molecule has 98 valence electrons. The summed E-state index contributed by atoms with van der Waals surface area (Å²) in [5.74, 6) is 0.0148. The fraction of sp³-hybridized carbons (Fsp3) is 0.923. The first-order valence-corrected chi connectivity index (χ1v) is 6.92. The van der Waals surface area contributed by atoms with Gasteiger partial charge in [-0.15, -0.1) is 0 Å². The molecule has 0 spiro atoms. The highest BCUT2D eigenvalue weighted by Crippen LogP contribution is 2.24. The van der Waals surface area contributed by atoms with Gasteiger partial charge in [0.05, 0.1) is 18.1 Å². The van der Waals surface area contributed by atoms with Gasteiger partial charge in [0.15, 0.2) is 0 Å². The molecule has 2 aliphatic rings. The molecule has 0 aliphatic heterocycles. The molecule has 4 heteroatoms. The zero-order valence-electron chi connectivity index (χ0n) is 10.4. The average Bonchev–Trinajstić information content (AvgIpc) is 2.32. The Balaban J connectivity index is 1.86. The predicted molar refractivity (Wildman–Crippen MR) is 66.3 cm³/mol. The van der Waals surface area contributed by atoms with Gasteiger partial charge in [-0.3, -0.25) is 4.79 Å². The zero-order valence-corrected chi connectivity index (χ0v) is 10.4. The summed E-state index contributed by atoms with van der Waals surface area (Å²) in [6, 6.07) is -0.0464. The van der Waals surface area contributed by atoms with Gasteiger partial charge in [-0.2, -0.15) is 0 Å². The average molecular weight is 240 g/mol. The molecule has 0 unspecified atom stereocenters. The number of carbonyl (C=O) groups excluding carboxylic acids is 1. The fourth-order valence-electron chi connectivity index (χ4n) is 3.05. The number of rotatable bonds is 2. The molecule has 0 aromatic rings. The molecule has 2 rings (SSSR count). The van der Waals surface area contributed by atoms with Gasteiger partial charge in [0.25, 0.3) is 0 Å². The Kier molecular flexibility index (Phi) is 4.40. The predicted octanol–water partition coefficient (Wildman–Crippen LogP) is 0.924. The van der Waals surface area contributed by atoms with E-state index in [0.29, 0.717) is 0 Å². The van der Waals surface area contributed by atoms with Crippen molar-refractivity contribution in [3.63, 3.8) is 0 Å². The molecule has 2 fully saturated rings. The largest absolute Gasteiger partial charge is 0.391 e. The van der Waals surface area contributed by atoms with E-state index in [9.17, 15) is 9.90 Å². The van der Waals surface area contributed by atoms with Gasteiger partial charge in [0.1, 0.15) is 0 Å². The van der Waals surface area contributed by atoms with E-state index >= 15 is 0 Å². The number of hydrogen-bond donors (Lipinski definition) is 3. The quantitative estimate of drug-likeness (QED) is 0.672. The van der Waals surface area contributed by atoms with E-state index in [0.717, 1.165) is 51.4 Å². The van der Waals surface area contributed by atoms with Crippen molar-refractivity contribution in [3.05, 3.63) is 0 Å². The summed E-state index contributed by atoms with van der Waals surface area (Å²) >= 11 is 0. The van der Waals surface area contributed by atoms with Crippen molar-refractivity contribution in [1.29, 1.82) is 0 Å². The Morgan fingerprint density at radius 1 is 1.06 bits per heavy atom. The molecule has 17 heavy (non-hydrogen) atoms. The van der Waals surface area contributed by atoms with Crippen molar-refractivity contribution in [2.45, 2.75) is 69.6 Å². The maximum atomic E-state index is 12.1. The van der Waals surface area contributed by atoms with Crippen LogP contribution in [0.15, 0.2) is 0 Å². The van der Waals surface area contributed by atoms with Crippen LogP contribution in [0.5, 0.6) is 0 Å². The lowest BCUT2D eigenvalue weighted by Gasteiger charge is -2.32. The van der Waals surface area contributed by atoms with Crippen LogP contribution in [0.4, 0.5) is 0 Å². The Morgan fingerprint density at radius 3 is 2.41 bits per heavy atom. The van der Waals surface area contributed by atoms with Crippen molar-refractivity contribution >= 4 is 5.91 Å². The molecule has 0 aromatic carbocycles. The summed E-state index contributed by atoms with van der Waals surface area (Å²) in [4.78, 5) is 12.1. The first-order chi connectivity index (χ1) is 8.18. The SMILES string of the molecule is N[C@H]1CCCC[C@H]1C(=O)N[C@H]1CCCC[C@@H]1O. The molecule has 0 heterocycles. The van der Waals surface area contributed by atoms with Crippen LogP contribution in [0.1, 0.15) is 51.4 Å². The fourth-order valence-corrected chi connectivity index (χ4v) is 3.05. The number of aliphatic hydroxyl groups excluding tert-OH is 1. The summed E-state index contributed by atoms with van der Waals surface area (Å²) in [7, 11) is 0. The number of nitrogens with two attached hydrogens (primary N) is 1. The lowest BCUT2D eigenvalue weighted by atomic mass is 9.83. The molecule has 0 aromatic heterocycles. The van der Waals surface area contributed by atoms with Gasteiger partial charge in [0, 0.05) is 6.04 Å². The Bertz CT molecular complexity index is 270. The Hall–Kier alpha value is -0.610. The smallest absolute Gasteiger partial charge is 0.224 e. The van der Waals surface area contributed by atoms with E-state index in [1.807, 2.05) is 0 Å². The molecule has 2 aliphatic carbocycles. The first-order valence-electron chi connectivity index (χ1n) is 6.92. The maximum absolute atomic E-state index is 12.1. The van der Waals surface area contributed by atoms with Gasteiger partial charge >= 0.3 is 0 Å². The molecular formula is C13H24N2O2. The summed E-state index contributed by atoms with van der Waals surface area (Å²) in [5, 5.41) is 12.8. The third-order valence-electron chi connectivity index (χ3n) is 4.21. The maximum Gasteiger partial charge on any atom is 0.224 e. The zero-order chi connectivity index (χ0) is 12.3. The Labute approximate surface area is 103 Å². The summed E-state index contributed by atoms with van der Waals surface area (Å²) in [6.07, 6.45) is 7.58. The van der Waals surface area contributed by atoms with Gasteiger partial charge in [-0.25, -0.2) is 0 Å². The second-order valence-corrected chi connectivity index (χ2v) is 5.52. The van der Waals surface area contributed by atoms with Crippen LogP contribution in [-0.2, 0) is 4.79 Å². The summed E-state index contributed by atoms with van der Waals surface area (Å²) in [5.41, 5.74) is 6.00. The number of nitrogens with one attached hydrogen (secondary N) is 1. The van der Waals surface area contributed by atoms with Crippen molar-refractivity contribution in [3.8, 4) is 0 Å². The third-order valence-corrected chi connectivity index (χ3v) is 4.21. The minimum Gasteiger partial charge on any atom is -0.391 e. The highest BCUT2D eigenvalue weighted by Gasteiger charge is 2.31. The van der Waals surface area contributed by atoms with Crippen LogP contribution < -0.4 is 11.1 Å². The standard InChI is InChI=1S/C13H24N2O2/c14-10-6-2-1-5-9(10)13(17)15-11-7-3-4-8-12(11)16/h9-12,16H,1-8,14H2,(H,15,17)/t9-,10+,11+,12+/m1/s1. The summed E-state index contributed by atoms with van der Waals surface area (Å²) < 4.78 is 0. The van der Waals surface area contributed by atoms with Crippen LogP contribution in [0.3, 0.4) is 0 Å². The molecule has 4 atom stereocenters. The Morgan fingerprint density at radius 2 is 1.71 bits per heavy atom. The van der Waals surface area contributed by atoms with Gasteiger partial charge in [-0.05, 0) is 25.7 Å². The van der Waals surface area contributed by atoms with Crippen LogP contribution in [0.2, 0.25) is 0 Å². The highest BCUT2D eigenvalue weighted by molar-refractivity contribution is 5.79. The number of hydrogen-bond acceptors (Lipinski definition) is 3. The molecule has 0 saturated heterocycles. The molecular weight excluding hydrogens is 216 g/mol.